The molecule has 2 heterocycles. The van der Waals surface area contributed by atoms with Crippen LogP contribution in [0.25, 0.3) is 0 Å². The van der Waals surface area contributed by atoms with Gasteiger partial charge in [-0.2, -0.15) is 0 Å². The summed E-state index contributed by atoms with van der Waals surface area (Å²) >= 11 is 8.00. The van der Waals surface area contributed by atoms with Gasteiger partial charge in [0.15, 0.2) is 0 Å². The first kappa shape index (κ1) is 17.0. The highest BCUT2D eigenvalue weighted by Crippen LogP contribution is 2.41. The van der Waals surface area contributed by atoms with Gasteiger partial charge in [-0.25, -0.2) is 4.99 Å². The Balaban J connectivity index is 1.74. The first-order chi connectivity index (χ1) is 12.1. The van der Waals surface area contributed by atoms with E-state index in [0.29, 0.717) is 6.04 Å². The lowest BCUT2D eigenvalue weighted by Gasteiger charge is -2.38. The van der Waals surface area contributed by atoms with E-state index in [0.717, 1.165) is 47.6 Å². The molecular formula is C20H22ClN3S. The van der Waals surface area contributed by atoms with Gasteiger partial charge in [0, 0.05) is 52.6 Å². The molecule has 2 aromatic rings. The van der Waals surface area contributed by atoms with Crippen molar-refractivity contribution < 1.29 is 0 Å². The SMILES string of the molecule is CC(C)N1CCN(C2=Nc3cc(Cl)ccc3Sc3ccccc32)CC1. The number of rotatable bonds is 1. The van der Waals surface area contributed by atoms with E-state index in [1.54, 1.807) is 11.8 Å². The van der Waals surface area contributed by atoms with Gasteiger partial charge in [0.2, 0.25) is 0 Å². The summed E-state index contributed by atoms with van der Waals surface area (Å²) in [5, 5.41) is 0.734. The summed E-state index contributed by atoms with van der Waals surface area (Å²) in [7, 11) is 0. The minimum atomic E-state index is 0.598. The first-order valence-electron chi connectivity index (χ1n) is 8.76. The smallest absolute Gasteiger partial charge is 0.137 e. The van der Waals surface area contributed by atoms with E-state index in [4.69, 9.17) is 16.6 Å². The molecule has 0 atom stereocenters. The molecule has 0 bridgehead atoms. The van der Waals surface area contributed by atoms with Crippen molar-refractivity contribution >= 4 is 34.9 Å². The van der Waals surface area contributed by atoms with Crippen molar-refractivity contribution in [1.82, 2.24) is 9.80 Å². The minimum absolute atomic E-state index is 0.598. The van der Waals surface area contributed by atoms with Crippen LogP contribution in [-0.4, -0.2) is 47.9 Å². The molecule has 0 amide bonds. The second-order valence-corrected chi connectivity index (χ2v) is 8.28. The van der Waals surface area contributed by atoms with Gasteiger partial charge in [-0.1, -0.05) is 41.6 Å². The maximum absolute atomic E-state index is 6.23. The number of amidine groups is 1. The van der Waals surface area contributed by atoms with E-state index in [9.17, 15) is 0 Å². The summed E-state index contributed by atoms with van der Waals surface area (Å²) in [6.45, 7) is 8.70. The second kappa shape index (κ2) is 7.02. The molecule has 2 aliphatic heterocycles. The molecule has 3 nitrogen and oxygen atoms in total. The number of hydrogen-bond donors (Lipinski definition) is 0. The number of halogens is 1. The largest absolute Gasteiger partial charge is 0.354 e. The lowest BCUT2D eigenvalue weighted by molar-refractivity contribution is 0.149. The molecule has 4 rings (SSSR count). The first-order valence-corrected chi connectivity index (χ1v) is 9.96. The van der Waals surface area contributed by atoms with Crippen LogP contribution in [0.15, 0.2) is 57.2 Å². The van der Waals surface area contributed by atoms with Crippen molar-refractivity contribution in [1.29, 1.82) is 0 Å². The standard InChI is InChI=1S/C20H22ClN3S/c1-14(2)23-9-11-24(12-10-23)20-16-5-3-4-6-18(16)25-19-8-7-15(21)13-17(19)22-20/h3-8,13-14H,9-12H2,1-2H3. The summed E-state index contributed by atoms with van der Waals surface area (Å²) in [5.74, 6) is 1.08. The van der Waals surface area contributed by atoms with Crippen molar-refractivity contribution in [2.45, 2.75) is 29.7 Å². The Labute approximate surface area is 158 Å². The molecule has 0 unspecified atom stereocenters. The van der Waals surface area contributed by atoms with Crippen LogP contribution in [0.5, 0.6) is 0 Å². The molecule has 0 N–H and O–H groups in total. The third-order valence-corrected chi connectivity index (χ3v) is 6.22. The molecule has 0 aromatic heterocycles. The fraction of sp³-hybridized carbons (Fsp3) is 0.350. The van der Waals surface area contributed by atoms with Crippen LogP contribution in [0, 0.1) is 0 Å². The Kier molecular flexibility index (Phi) is 4.76. The number of piperazine rings is 1. The van der Waals surface area contributed by atoms with Gasteiger partial charge < -0.3 is 4.90 Å². The number of benzene rings is 2. The maximum atomic E-state index is 6.23. The quantitative estimate of drug-likeness (QED) is 0.709. The van der Waals surface area contributed by atoms with Crippen molar-refractivity contribution in [2.24, 2.45) is 4.99 Å². The summed E-state index contributed by atoms with van der Waals surface area (Å²) in [6, 6.07) is 15.2. The predicted octanol–water partition coefficient (Wildman–Crippen LogP) is 4.91. The molecule has 0 saturated carbocycles. The number of fused-ring (bicyclic) bond motifs is 2. The average Bonchev–Trinajstić information content (AvgIpc) is 2.78. The second-order valence-electron chi connectivity index (χ2n) is 6.76. The average molecular weight is 372 g/mol. The zero-order chi connectivity index (χ0) is 17.4. The van der Waals surface area contributed by atoms with Crippen molar-refractivity contribution in [3.05, 3.63) is 53.1 Å². The molecule has 25 heavy (non-hydrogen) atoms. The Morgan fingerprint density at radius 2 is 1.76 bits per heavy atom. The van der Waals surface area contributed by atoms with Gasteiger partial charge >= 0.3 is 0 Å². The third kappa shape index (κ3) is 3.43. The zero-order valence-corrected chi connectivity index (χ0v) is 16.1. The monoisotopic (exact) mass is 371 g/mol. The van der Waals surface area contributed by atoms with Gasteiger partial charge in [0.1, 0.15) is 5.84 Å². The van der Waals surface area contributed by atoms with E-state index in [2.05, 4.69) is 54.0 Å². The van der Waals surface area contributed by atoms with Crippen molar-refractivity contribution in [2.75, 3.05) is 26.2 Å². The van der Waals surface area contributed by atoms with Gasteiger partial charge in [-0.05, 0) is 38.1 Å². The summed E-state index contributed by atoms with van der Waals surface area (Å²) in [6.07, 6.45) is 0. The molecular weight excluding hydrogens is 350 g/mol. The summed E-state index contributed by atoms with van der Waals surface area (Å²) < 4.78 is 0. The molecule has 0 radical (unpaired) electrons. The van der Waals surface area contributed by atoms with Gasteiger partial charge in [0.05, 0.1) is 5.69 Å². The Bertz CT molecular complexity index is 810. The van der Waals surface area contributed by atoms with Crippen molar-refractivity contribution in [3.8, 4) is 0 Å². The Morgan fingerprint density at radius 3 is 2.52 bits per heavy atom. The third-order valence-electron chi connectivity index (χ3n) is 4.84. The molecule has 0 spiro atoms. The van der Waals surface area contributed by atoms with E-state index in [1.165, 1.54) is 10.5 Å². The maximum Gasteiger partial charge on any atom is 0.137 e. The van der Waals surface area contributed by atoms with Gasteiger partial charge in [-0.15, -0.1) is 0 Å². The van der Waals surface area contributed by atoms with Crippen LogP contribution in [0.4, 0.5) is 5.69 Å². The van der Waals surface area contributed by atoms with Gasteiger partial charge in [0.25, 0.3) is 0 Å². The molecule has 0 aliphatic carbocycles. The molecule has 1 saturated heterocycles. The Hall–Kier alpha value is -1.49. The molecule has 2 aliphatic rings. The highest BCUT2D eigenvalue weighted by Gasteiger charge is 2.25. The van der Waals surface area contributed by atoms with E-state index < -0.39 is 0 Å². The number of nitrogens with zero attached hydrogens (tertiary/aromatic N) is 3. The Morgan fingerprint density at radius 1 is 1.00 bits per heavy atom. The minimum Gasteiger partial charge on any atom is -0.354 e. The van der Waals surface area contributed by atoms with E-state index in [-0.39, 0.29) is 0 Å². The summed E-state index contributed by atoms with van der Waals surface area (Å²) in [4.78, 5) is 12.4. The van der Waals surface area contributed by atoms with Crippen molar-refractivity contribution in [3.63, 3.8) is 0 Å². The molecule has 1 fully saturated rings. The fourth-order valence-electron chi connectivity index (χ4n) is 3.39. The number of aliphatic imine (C=N–C) groups is 1. The normalized spacial score (nSPS) is 17.8. The number of hydrogen-bond acceptors (Lipinski definition) is 4. The van der Waals surface area contributed by atoms with E-state index >= 15 is 0 Å². The van der Waals surface area contributed by atoms with Crippen LogP contribution >= 0.6 is 23.4 Å². The lowest BCUT2D eigenvalue weighted by atomic mass is 10.1. The zero-order valence-electron chi connectivity index (χ0n) is 14.6. The van der Waals surface area contributed by atoms with E-state index in [1.807, 2.05) is 12.1 Å². The molecule has 2 aromatic carbocycles. The highest BCUT2D eigenvalue weighted by atomic mass is 35.5. The predicted molar refractivity (Wildman–Crippen MR) is 106 cm³/mol. The van der Waals surface area contributed by atoms with Crippen LogP contribution in [0.3, 0.4) is 0 Å². The molecule has 130 valence electrons. The van der Waals surface area contributed by atoms with Crippen LogP contribution in [0.1, 0.15) is 19.4 Å². The summed E-state index contributed by atoms with van der Waals surface area (Å²) in [5.41, 5.74) is 2.19. The van der Waals surface area contributed by atoms with Crippen LogP contribution < -0.4 is 0 Å². The fourth-order valence-corrected chi connectivity index (χ4v) is 4.55. The molecule has 5 heteroatoms. The van der Waals surface area contributed by atoms with Crippen LogP contribution in [-0.2, 0) is 0 Å². The topological polar surface area (TPSA) is 18.8 Å². The highest BCUT2D eigenvalue weighted by molar-refractivity contribution is 7.99. The van der Waals surface area contributed by atoms with Crippen LogP contribution in [0.2, 0.25) is 5.02 Å². The van der Waals surface area contributed by atoms with Gasteiger partial charge in [-0.3, -0.25) is 4.90 Å². The lowest BCUT2D eigenvalue weighted by Crippen LogP contribution is -2.50.